The highest BCUT2D eigenvalue weighted by Gasteiger charge is 2.17. The van der Waals surface area contributed by atoms with Crippen LogP contribution in [0.1, 0.15) is 20.8 Å². The molecule has 2 N–H and O–H groups in total. The number of carbonyl (C=O) groups excluding carboxylic acids is 1. The summed E-state index contributed by atoms with van der Waals surface area (Å²) in [5, 5.41) is 5.89. The predicted molar refractivity (Wildman–Crippen MR) is 70.3 cm³/mol. The standard InChI is InChI=1S/C13H18N2O3/c1-13(2,3)18-12(16)15-9-4-5-10-11(8-9)17-7-6-14-10/h4-5,8,14H,6-7H2,1-3H3,(H,15,16). The van der Waals surface area contributed by atoms with Crippen LogP contribution in [-0.2, 0) is 4.74 Å². The average molecular weight is 250 g/mol. The predicted octanol–water partition coefficient (Wildman–Crippen LogP) is 2.84. The van der Waals surface area contributed by atoms with Crippen LogP contribution in [-0.4, -0.2) is 24.8 Å². The van der Waals surface area contributed by atoms with E-state index < -0.39 is 11.7 Å². The van der Waals surface area contributed by atoms with Crippen molar-refractivity contribution in [2.24, 2.45) is 0 Å². The molecule has 98 valence electrons. The Bertz CT molecular complexity index is 452. The molecule has 0 saturated carbocycles. The highest BCUT2D eigenvalue weighted by atomic mass is 16.6. The lowest BCUT2D eigenvalue weighted by Gasteiger charge is -2.21. The summed E-state index contributed by atoms with van der Waals surface area (Å²) >= 11 is 0. The summed E-state index contributed by atoms with van der Waals surface area (Å²) in [6.45, 7) is 6.90. The second-order valence-electron chi connectivity index (χ2n) is 5.11. The highest BCUT2D eigenvalue weighted by Crippen LogP contribution is 2.30. The first-order valence-electron chi connectivity index (χ1n) is 5.95. The fourth-order valence-corrected chi connectivity index (χ4v) is 1.63. The topological polar surface area (TPSA) is 59.6 Å². The normalized spacial score (nSPS) is 13.9. The Morgan fingerprint density at radius 3 is 2.94 bits per heavy atom. The van der Waals surface area contributed by atoms with Crippen LogP contribution in [0.4, 0.5) is 16.2 Å². The molecule has 5 nitrogen and oxygen atoms in total. The maximum Gasteiger partial charge on any atom is 0.412 e. The molecule has 0 bridgehead atoms. The molecule has 2 rings (SSSR count). The van der Waals surface area contributed by atoms with Crippen molar-refractivity contribution < 1.29 is 14.3 Å². The van der Waals surface area contributed by atoms with Crippen molar-refractivity contribution in [3.63, 3.8) is 0 Å². The minimum atomic E-state index is -0.504. The van der Waals surface area contributed by atoms with Crippen molar-refractivity contribution in [3.8, 4) is 5.75 Å². The van der Waals surface area contributed by atoms with E-state index in [9.17, 15) is 4.79 Å². The molecule has 18 heavy (non-hydrogen) atoms. The molecule has 1 aliphatic rings. The van der Waals surface area contributed by atoms with Gasteiger partial charge in [0.15, 0.2) is 0 Å². The maximum absolute atomic E-state index is 11.6. The van der Waals surface area contributed by atoms with Gasteiger partial charge in [0.1, 0.15) is 18.0 Å². The minimum Gasteiger partial charge on any atom is -0.490 e. The molecule has 1 aromatic carbocycles. The number of anilines is 2. The van der Waals surface area contributed by atoms with E-state index in [1.807, 2.05) is 32.9 Å². The SMILES string of the molecule is CC(C)(C)OC(=O)Nc1ccc2c(c1)OCCN2. The number of hydrogen-bond donors (Lipinski definition) is 2. The Morgan fingerprint density at radius 2 is 2.22 bits per heavy atom. The van der Waals surface area contributed by atoms with E-state index in [-0.39, 0.29) is 0 Å². The Morgan fingerprint density at radius 1 is 1.44 bits per heavy atom. The van der Waals surface area contributed by atoms with Crippen LogP contribution < -0.4 is 15.4 Å². The van der Waals surface area contributed by atoms with E-state index in [4.69, 9.17) is 9.47 Å². The van der Waals surface area contributed by atoms with Crippen LogP contribution in [0.5, 0.6) is 5.75 Å². The van der Waals surface area contributed by atoms with Crippen molar-refractivity contribution >= 4 is 17.5 Å². The quantitative estimate of drug-likeness (QED) is 0.804. The van der Waals surface area contributed by atoms with Gasteiger partial charge in [-0.05, 0) is 32.9 Å². The number of carbonyl (C=O) groups is 1. The molecule has 1 amide bonds. The second kappa shape index (κ2) is 4.76. The molecule has 0 spiro atoms. The Labute approximate surface area is 106 Å². The third-order valence-electron chi connectivity index (χ3n) is 2.30. The number of fused-ring (bicyclic) bond motifs is 1. The first-order valence-corrected chi connectivity index (χ1v) is 5.95. The molecule has 1 heterocycles. The van der Waals surface area contributed by atoms with Crippen LogP contribution >= 0.6 is 0 Å². The van der Waals surface area contributed by atoms with Gasteiger partial charge in [0.25, 0.3) is 0 Å². The van der Waals surface area contributed by atoms with E-state index >= 15 is 0 Å². The molecule has 5 heteroatoms. The molecule has 1 aliphatic heterocycles. The van der Waals surface area contributed by atoms with Gasteiger partial charge in [-0.2, -0.15) is 0 Å². The summed E-state index contributed by atoms with van der Waals surface area (Å²) in [5.74, 6) is 0.745. The Kier molecular flexibility index (Phi) is 3.32. The van der Waals surface area contributed by atoms with E-state index in [1.54, 1.807) is 6.07 Å². The Hall–Kier alpha value is -1.91. The largest absolute Gasteiger partial charge is 0.490 e. The number of hydrogen-bond acceptors (Lipinski definition) is 4. The minimum absolute atomic E-state index is 0.466. The van der Waals surface area contributed by atoms with Gasteiger partial charge >= 0.3 is 6.09 Å². The van der Waals surface area contributed by atoms with Crippen molar-refractivity contribution in [3.05, 3.63) is 18.2 Å². The lowest BCUT2D eigenvalue weighted by Crippen LogP contribution is -2.27. The molecule has 0 aliphatic carbocycles. The zero-order chi connectivity index (χ0) is 13.2. The van der Waals surface area contributed by atoms with Crippen LogP contribution in [0.3, 0.4) is 0 Å². The summed E-state index contributed by atoms with van der Waals surface area (Å²) in [6.07, 6.45) is -0.466. The van der Waals surface area contributed by atoms with Gasteiger partial charge in [-0.15, -0.1) is 0 Å². The third kappa shape index (κ3) is 3.29. The highest BCUT2D eigenvalue weighted by molar-refractivity contribution is 5.86. The molecule has 0 fully saturated rings. The first kappa shape index (κ1) is 12.5. The molecule has 0 aromatic heterocycles. The van der Waals surface area contributed by atoms with Gasteiger partial charge in [0.05, 0.1) is 5.69 Å². The van der Waals surface area contributed by atoms with E-state index in [0.29, 0.717) is 12.3 Å². The van der Waals surface area contributed by atoms with Crippen molar-refractivity contribution in [2.45, 2.75) is 26.4 Å². The monoisotopic (exact) mass is 250 g/mol. The molecule has 0 atom stereocenters. The number of amides is 1. The van der Waals surface area contributed by atoms with E-state index in [2.05, 4.69) is 10.6 Å². The number of rotatable bonds is 1. The maximum atomic E-state index is 11.6. The molecular weight excluding hydrogens is 232 g/mol. The summed E-state index contributed by atoms with van der Waals surface area (Å²) in [7, 11) is 0. The van der Waals surface area contributed by atoms with Gasteiger partial charge in [0.2, 0.25) is 0 Å². The molecular formula is C13H18N2O3. The van der Waals surface area contributed by atoms with Gasteiger partial charge in [-0.25, -0.2) is 4.79 Å². The lowest BCUT2D eigenvalue weighted by molar-refractivity contribution is 0.0636. The van der Waals surface area contributed by atoms with Crippen molar-refractivity contribution in [1.82, 2.24) is 0 Å². The van der Waals surface area contributed by atoms with Crippen LogP contribution in [0.2, 0.25) is 0 Å². The number of ether oxygens (including phenoxy) is 2. The molecule has 1 aromatic rings. The fourth-order valence-electron chi connectivity index (χ4n) is 1.63. The summed E-state index contributed by atoms with van der Waals surface area (Å²) < 4.78 is 10.7. The zero-order valence-corrected chi connectivity index (χ0v) is 10.9. The summed E-state index contributed by atoms with van der Waals surface area (Å²) in [6, 6.07) is 5.47. The van der Waals surface area contributed by atoms with E-state index in [1.165, 1.54) is 0 Å². The fraction of sp³-hybridized carbons (Fsp3) is 0.462. The summed E-state index contributed by atoms with van der Waals surface area (Å²) in [5.41, 5.74) is 1.10. The zero-order valence-electron chi connectivity index (χ0n) is 10.9. The Balaban J connectivity index is 2.04. The third-order valence-corrected chi connectivity index (χ3v) is 2.30. The molecule has 0 unspecified atom stereocenters. The van der Waals surface area contributed by atoms with E-state index in [0.717, 1.165) is 18.0 Å². The van der Waals surface area contributed by atoms with Crippen LogP contribution in [0.25, 0.3) is 0 Å². The van der Waals surface area contributed by atoms with Gasteiger partial charge in [-0.3, -0.25) is 5.32 Å². The average Bonchev–Trinajstić information content (AvgIpc) is 2.26. The molecule has 0 saturated heterocycles. The first-order chi connectivity index (χ1) is 8.44. The van der Waals surface area contributed by atoms with Crippen molar-refractivity contribution in [2.75, 3.05) is 23.8 Å². The van der Waals surface area contributed by atoms with Gasteiger partial charge in [-0.1, -0.05) is 0 Å². The van der Waals surface area contributed by atoms with Crippen molar-refractivity contribution in [1.29, 1.82) is 0 Å². The molecule has 0 radical (unpaired) electrons. The lowest BCUT2D eigenvalue weighted by atomic mass is 10.2. The van der Waals surface area contributed by atoms with Crippen LogP contribution in [0, 0.1) is 0 Å². The van der Waals surface area contributed by atoms with Gasteiger partial charge < -0.3 is 14.8 Å². The number of nitrogens with one attached hydrogen (secondary N) is 2. The smallest absolute Gasteiger partial charge is 0.412 e. The summed E-state index contributed by atoms with van der Waals surface area (Å²) in [4.78, 5) is 11.6. The van der Waals surface area contributed by atoms with Crippen LogP contribution in [0.15, 0.2) is 18.2 Å². The second-order valence-corrected chi connectivity index (χ2v) is 5.11. The number of benzene rings is 1. The van der Waals surface area contributed by atoms with Gasteiger partial charge in [0, 0.05) is 18.3 Å².